The molecule has 0 aliphatic rings. The number of hydrogen-bond acceptors (Lipinski definition) is 3. The summed E-state index contributed by atoms with van der Waals surface area (Å²) in [5.41, 5.74) is 1.43. The van der Waals surface area contributed by atoms with Crippen molar-refractivity contribution in [2.45, 2.75) is 13.5 Å². The molecule has 0 N–H and O–H groups in total. The van der Waals surface area contributed by atoms with Gasteiger partial charge in [-0.25, -0.2) is 9.67 Å². The zero-order chi connectivity index (χ0) is 11.5. The van der Waals surface area contributed by atoms with Crippen LogP contribution in [0.1, 0.15) is 11.3 Å². The fourth-order valence-electron chi connectivity index (χ4n) is 1.36. The molecule has 2 aromatic rings. The minimum Gasteiger partial charge on any atom is -0.268 e. The number of aryl methyl sites for hydroxylation is 1. The highest BCUT2D eigenvalue weighted by atomic mass is 35.5. The fourth-order valence-corrected chi connectivity index (χ4v) is 1.54. The first-order valence-electron chi connectivity index (χ1n) is 4.81. The topological polar surface area (TPSA) is 47.8 Å². The van der Waals surface area contributed by atoms with Gasteiger partial charge in [-0.05, 0) is 19.1 Å². The fraction of sp³-hybridized carbons (Fsp3) is 0.182. The lowest BCUT2D eigenvalue weighted by atomic mass is 10.3. The molecule has 0 saturated heterocycles. The summed E-state index contributed by atoms with van der Waals surface area (Å²) in [5, 5.41) is 4.53. The second-order valence-electron chi connectivity index (χ2n) is 3.42. The SMILES string of the molecule is Cc1ccc(=O)n(Cc2cccnc2Cl)n1. The van der Waals surface area contributed by atoms with E-state index in [1.807, 2.05) is 13.0 Å². The van der Waals surface area contributed by atoms with Crippen LogP contribution >= 0.6 is 11.6 Å². The predicted molar refractivity (Wildman–Crippen MR) is 61.6 cm³/mol. The maximum atomic E-state index is 11.5. The molecule has 0 amide bonds. The molecule has 0 spiro atoms. The van der Waals surface area contributed by atoms with Crippen LogP contribution in [0.3, 0.4) is 0 Å². The Hall–Kier alpha value is -1.68. The molecule has 0 saturated carbocycles. The van der Waals surface area contributed by atoms with Crippen molar-refractivity contribution in [1.29, 1.82) is 0 Å². The summed E-state index contributed by atoms with van der Waals surface area (Å²) in [6, 6.07) is 6.78. The second kappa shape index (κ2) is 4.45. The number of pyridine rings is 1. The second-order valence-corrected chi connectivity index (χ2v) is 3.78. The lowest BCUT2D eigenvalue weighted by Crippen LogP contribution is -2.23. The van der Waals surface area contributed by atoms with Gasteiger partial charge in [0, 0.05) is 17.8 Å². The maximum Gasteiger partial charge on any atom is 0.267 e. The molecule has 2 rings (SSSR count). The normalized spacial score (nSPS) is 10.4. The summed E-state index contributed by atoms with van der Waals surface area (Å²) in [6.45, 7) is 2.17. The predicted octanol–water partition coefficient (Wildman–Crippen LogP) is 1.65. The third-order valence-electron chi connectivity index (χ3n) is 2.16. The van der Waals surface area contributed by atoms with Crippen LogP contribution in [0.15, 0.2) is 35.3 Å². The highest BCUT2D eigenvalue weighted by molar-refractivity contribution is 6.30. The average Bonchev–Trinajstić information content (AvgIpc) is 2.27. The third kappa shape index (κ3) is 2.28. The molecule has 0 unspecified atom stereocenters. The van der Waals surface area contributed by atoms with Crippen molar-refractivity contribution in [2.75, 3.05) is 0 Å². The summed E-state index contributed by atoms with van der Waals surface area (Å²) < 4.78 is 1.37. The van der Waals surface area contributed by atoms with E-state index in [2.05, 4.69) is 10.1 Å². The van der Waals surface area contributed by atoms with Crippen molar-refractivity contribution in [1.82, 2.24) is 14.8 Å². The standard InChI is InChI=1S/C11H10ClN3O/c1-8-4-5-10(16)15(14-8)7-9-3-2-6-13-11(9)12/h2-6H,7H2,1H3. The first-order chi connectivity index (χ1) is 7.66. The lowest BCUT2D eigenvalue weighted by Gasteiger charge is -2.05. The molecular weight excluding hydrogens is 226 g/mol. The Morgan fingerprint density at radius 2 is 2.19 bits per heavy atom. The van der Waals surface area contributed by atoms with Crippen molar-refractivity contribution in [3.8, 4) is 0 Å². The quantitative estimate of drug-likeness (QED) is 0.744. The smallest absolute Gasteiger partial charge is 0.267 e. The van der Waals surface area contributed by atoms with Crippen LogP contribution in [-0.4, -0.2) is 14.8 Å². The molecule has 0 radical (unpaired) electrons. The highest BCUT2D eigenvalue weighted by Gasteiger charge is 2.03. The number of nitrogens with zero attached hydrogens (tertiary/aromatic N) is 3. The van der Waals surface area contributed by atoms with Gasteiger partial charge in [0.1, 0.15) is 5.15 Å². The van der Waals surface area contributed by atoms with Gasteiger partial charge in [0.25, 0.3) is 5.56 Å². The van der Waals surface area contributed by atoms with Gasteiger partial charge < -0.3 is 0 Å². The maximum absolute atomic E-state index is 11.5. The summed E-state index contributed by atoms with van der Waals surface area (Å²) in [7, 11) is 0. The van der Waals surface area contributed by atoms with Crippen molar-refractivity contribution in [2.24, 2.45) is 0 Å². The Labute approximate surface area is 97.5 Å². The van der Waals surface area contributed by atoms with E-state index in [1.54, 1.807) is 18.3 Å². The van der Waals surface area contributed by atoms with E-state index >= 15 is 0 Å². The highest BCUT2D eigenvalue weighted by Crippen LogP contribution is 2.11. The Kier molecular flexibility index (Phi) is 3.01. The molecule has 0 fully saturated rings. The van der Waals surface area contributed by atoms with Gasteiger partial charge in [-0.15, -0.1) is 0 Å². The van der Waals surface area contributed by atoms with Gasteiger partial charge in [0.2, 0.25) is 0 Å². The molecule has 2 heterocycles. The van der Waals surface area contributed by atoms with E-state index < -0.39 is 0 Å². The summed E-state index contributed by atoms with van der Waals surface area (Å²) >= 11 is 5.91. The molecule has 0 aliphatic heterocycles. The van der Waals surface area contributed by atoms with E-state index in [0.717, 1.165) is 11.3 Å². The summed E-state index contributed by atoms with van der Waals surface area (Å²) in [5.74, 6) is 0. The molecule has 2 aromatic heterocycles. The van der Waals surface area contributed by atoms with Crippen LogP contribution in [0, 0.1) is 6.92 Å². The number of halogens is 1. The zero-order valence-corrected chi connectivity index (χ0v) is 9.48. The Morgan fingerprint density at radius 3 is 2.94 bits per heavy atom. The first kappa shape index (κ1) is 10.8. The van der Waals surface area contributed by atoms with E-state index in [-0.39, 0.29) is 5.56 Å². The number of rotatable bonds is 2. The van der Waals surface area contributed by atoms with Gasteiger partial charge in [-0.1, -0.05) is 17.7 Å². The van der Waals surface area contributed by atoms with E-state index in [9.17, 15) is 4.79 Å². The minimum absolute atomic E-state index is 0.148. The molecule has 0 atom stereocenters. The van der Waals surface area contributed by atoms with Gasteiger partial charge in [-0.3, -0.25) is 4.79 Å². The summed E-state index contributed by atoms with van der Waals surface area (Å²) in [6.07, 6.45) is 1.61. The summed E-state index contributed by atoms with van der Waals surface area (Å²) in [4.78, 5) is 15.5. The Balaban J connectivity index is 2.38. The van der Waals surface area contributed by atoms with Crippen LogP contribution in [-0.2, 0) is 6.54 Å². The number of hydrogen-bond donors (Lipinski definition) is 0. The van der Waals surface area contributed by atoms with Crippen molar-refractivity contribution in [3.05, 3.63) is 57.2 Å². The Bertz CT molecular complexity index is 565. The molecule has 0 aromatic carbocycles. The molecule has 82 valence electrons. The van der Waals surface area contributed by atoms with Gasteiger partial charge in [-0.2, -0.15) is 5.10 Å². The van der Waals surface area contributed by atoms with Crippen LogP contribution < -0.4 is 5.56 Å². The van der Waals surface area contributed by atoms with Crippen LogP contribution in [0.4, 0.5) is 0 Å². The minimum atomic E-state index is -0.148. The first-order valence-corrected chi connectivity index (χ1v) is 5.19. The van der Waals surface area contributed by atoms with Crippen LogP contribution in [0.2, 0.25) is 5.15 Å². The van der Waals surface area contributed by atoms with E-state index in [1.165, 1.54) is 10.7 Å². The zero-order valence-electron chi connectivity index (χ0n) is 8.72. The van der Waals surface area contributed by atoms with Crippen LogP contribution in [0.5, 0.6) is 0 Å². The van der Waals surface area contributed by atoms with Crippen molar-refractivity contribution < 1.29 is 0 Å². The monoisotopic (exact) mass is 235 g/mol. The van der Waals surface area contributed by atoms with E-state index in [0.29, 0.717) is 11.7 Å². The molecule has 0 bridgehead atoms. The van der Waals surface area contributed by atoms with Gasteiger partial charge in [0.15, 0.2) is 0 Å². The van der Waals surface area contributed by atoms with Crippen LogP contribution in [0.25, 0.3) is 0 Å². The average molecular weight is 236 g/mol. The van der Waals surface area contributed by atoms with Crippen molar-refractivity contribution >= 4 is 11.6 Å². The lowest BCUT2D eigenvalue weighted by molar-refractivity contribution is 0.627. The number of aromatic nitrogens is 3. The molecule has 16 heavy (non-hydrogen) atoms. The molecule has 5 heteroatoms. The molecule has 0 aliphatic carbocycles. The largest absolute Gasteiger partial charge is 0.268 e. The third-order valence-corrected chi connectivity index (χ3v) is 2.50. The van der Waals surface area contributed by atoms with Gasteiger partial charge >= 0.3 is 0 Å². The molecule has 4 nitrogen and oxygen atoms in total. The van der Waals surface area contributed by atoms with E-state index in [4.69, 9.17) is 11.6 Å². The van der Waals surface area contributed by atoms with Gasteiger partial charge in [0.05, 0.1) is 12.2 Å². The Morgan fingerprint density at radius 1 is 1.38 bits per heavy atom. The molecular formula is C11H10ClN3O. The van der Waals surface area contributed by atoms with Crippen molar-refractivity contribution in [3.63, 3.8) is 0 Å².